The predicted molar refractivity (Wildman–Crippen MR) is 142 cm³/mol. The number of ether oxygens (including phenoxy) is 1. The van der Waals surface area contributed by atoms with Crippen molar-refractivity contribution in [3.8, 4) is 17.0 Å². The summed E-state index contributed by atoms with van der Waals surface area (Å²) in [7, 11) is 0. The maximum absolute atomic E-state index is 9.70. The number of nitrogens with zero attached hydrogens (tertiary/aromatic N) is 2. The SMILES string of the molecule is CCN(CCCCOc1ccc2c(-c3ccc(NCc4ccccc4)cc3)nsc2c1)C(C)O. The molecular weight excluding hydrogens is 442 g/mol. The third-order valence-corrected chi connectivity index (χ3v) is 6.79. The van der Waals surface area contributed by atoms with E-state index in [4.69, 9.17) is 9.11 Å². The van der Waals surface area contributed by atoms with Gasteiger partial charge in [-0.2, -0.15) is 4.37 Å². The van der Waals surface area contributed by atoms with Gasteiger partial charge in [-0.3, -0.25) is 4.90 Å². The van der Waals surface area contributed by atoms with Crippen LogP contribution < -0.4 is 10.1 Å². The standard InChI is InChI=1S/C28H33N3O2S/c1-3-31(21(2)32)17-7-8-18-33-25-15-16-26-27(19-25)34-30-28(26)23-11-13-24(14-12-23)29-20-22-9-5-4-6-10-22/h4-6,9-16,19,21,29,32H,3,7-8,17-18,20H2,1-2H3. The molecule has 6 heteroatoms. The van der Waals surface area contributed by atoms with Gasteiger partial charge in [0.15, 0.2) is 0 Å². The lowest BCUT2D eigenvalue weighted by atomic mass is 10.1. The molecule has 0 aliphatic heterocycles. The molecule has 34 heavy (non-hydrogen) atoms. The van der Waals surface area contributed by atoms with E-state index in [0.29, 0.717) is 6.61 Å². The Balaban J connectivity index is 1.32. The van der Waals surface area contributed by atoms with Crippen LogP contribution in [0.4, 0.5) is 5.69 Å². The molecular formula is C28H33N3O2S. The van der Waals surface area contributed by atoms with Gasteiger partial charge in [0, 0.05) is 29.7 Å². The summed E-state index contributed by atoms with van der Waals surface area (Å²) in [6, 6.07) is 25.1. The first-order valence-corrected chi connectivity index (χ1v) is 12.7. The van der Waals surface area contributed by atoms with Gasteiger partial charge in [0.1, 0.15) is 12.0 Å². The van der Waals surface area contributed by atoms with Crippen LogP contribution in [0.2, 0.25) is 0 Å². The van der Waals surface area contributed by atoms with Crippen molar-refractivity contribution < 1.29 is 9.84 Å². The average molecular weight is 476 g/mol. The lowest BCUT2D eigenvalue weighted by molar-refractivity contribution is 0.0209. The highest BCUT2D eigenvalue weighted by atomic mass is 32.1. The lowest BCUT2D eigenvalue weighted by Crippen LogP contribution is -2.33. The van der Waals surface area contributed by atoms with Gasteiger partial charge in [0.05, 0.1) is 17.0 Å². The first-order chi connectivity index (χ1) is 16.6. The van der Waals surface area contributed by atoms with Crippen LogP contribution in [0.15, 0.2) is 72.8 Å². The molecule has 0 fully saturated rings. The molecule has 178 valence electrons. The van der Waals surface area contributed by atoms with Gasteiger partial charge < -0.3 is 15.2 Å². The zero-order valence-electron chi connectivity index (χ0n) is 19.9. The molecule has 4 rings (SSSR count). The molecule has 0 aliphatic rings. The summed E-state index contributed by atoms with van der Waals surface area (Å²) in [5.74, 6) is 0.881. The summed E-state index contributed by atoms with van der Waals surface area (Å²) in [6.07, 6.45) is 1.57. The summed E-state index contributed by atoms with van der Waals surface area (Å²) >= 11 is 1.51. The van der Waals surface area contributed by atoms with Crippen molar-refractivity contribution in [2.24, 2.45) is 0 Å². The van der Waals surface area contributed by atoms with E-state index in [-0.39, 0.29) is 0 Å². The second-order valence-electron chi connectivity index (χ2n) is 8.42. The number of unbranched alkanes of at least 4 members (excludes halogenated alkanes) is 1. The van der Waals surface area contributed by atoms with Crippen molar-refractivity contribution in [2.75, 3.05) is 25.0 Å². The maximum atomic E-state index is 9.70. The zero-order valence-corrected chi connectivity index (χ0v) is 20.7. The van der Waals surface area contributed by atoms with Crippen LogP contribution in [0.25, 0.3) is 21.3 Å². The number of nitrogens with one attached hydrogen (secondary N) is 1. The van der Waals surface area contributed by atoms with Gasteiger partial charge in [0.2, 0.25) is 0 Å². The van der Waals surface area contributed by atoms with E-state index in [9.17, 15) is 5.11 Å². The number of hydrogen-bond acceptors (Lipinski definition) is 6. The number of aliphatic hydroxyl groups excluding tert-OH is 1. The molecule has 4 aromatic rings. The monoisotopic (exact) mass is 475 g/mol. The van der Waals surface area contributed by atoms with Crippen LogP contribution in [0.3, 0.4) is 0 Å². The highest BCUT2D eigenvalue weighted by Gasteiger charge is 2.10. The van der Waals surface area contributed by atoms with E-state index in [1.807, 2.05) is 19.1 Å². The van der Waals surface area contributed by atoms with Crippen molar-refractivity contribution in [2.45, 2.75) is 39.5 Å². The van der Waals surface area contributed by atoms with Crippen LogP contribution in [-0.2, 0) is 6.54 Å². The Hall–Kier alpha value is -2.93. The fourth-order valence-electron chi connectivity index (χ4n) is 3.98. The van der Waals surface area contributed by atoms with E-state index in [1.165, 1.54) is 17.1 Å². The number of rotatable bonds is 12. The van der Waals surface area contributed by atoms with E-state index in [0.717, 1.165) is 65.3 Å². The van der Waals surface area contributed by atoms with Crippen molar-refractivity contribution in [3.05, 3.63) is 78.4 Å². The molecule has 1 atom stereocenters. The number of anilines is 1. The van der Waals surface area contributed by atoms with Crippen molar-refractivity contribution in [1.29, 1.82) is 0 Å². The molecule has 0 radical (unpaired) electrons. The van der Waals surface area contributed by atoms with Crippen molar-refractivity contribution in [1.82, 2.24) is 9.27 Å². The molecule has 3 aromatic carbocycles. The predicted octanol–water partition coefficient (Wildman–Crippen LogP) is 6.39. The smallest absolute Gasteiger partial charge is 0.120 e. The largest absolute Gasteiger partial charge is 0.494 e. The van der Waals surface area contributed by atoms with Gasteiger partial charge in [-0.05, 0) is 73.7 Å². The molecule has 0 spiro atoms. The topological polar surface area (TPSA) is 57.6 Å². The third-order valence-electron chi connectivity index (χ3n) is 5.98. The summed E-state index contributed by atoms with van der Waals surface area (Å²) in [5, 5.41) is 14.3. The summed E-state index contributed by atoms with van der Waals surface area (Å²) in [5.41, 5.74) is 4.49. The minimum absolute atomic E-state index is 0.393. The molecule has 0 saturated heterocycles. The highest BCUT2D eigenvalue weighted by Crippen LogP contribution is 2.33. The fourth-order valence-corrected chi connectivity index (χ4v) is 4.80. The van der Waals surface area contributed by atoms with Crippen LogP contribution in [0, 0.1) is 0 Å². The Morgan fingerprint density at radius 3 is 2.56 bits per heavy atom. The first-order valence-electron chi connectivity index (χ1n) is 12.0. The molecule has 0 bridgehead atoms. The Morgan fingerprint density at radius 2 is 1.82 bits per heavy atom. The molecule has 2 N–H and O–H groups in total. The third kappa shape index (κ3) is 6.35. The number of benzene rings is 3. The van der Waals surface area contributed by atoms with Gasteiger partial charge in [-0.15, -0.1) is 0 Å². The fraction of sp³-hybridized carbons (Fsp3) is 0.321. The minimum Gasteiger partial charge on any atom is -0.494 e. The number of aliphatic hydroxyl groups is 1. The molecule has 1 unspecified atom stereocenters. The molecule has 1 heterocycles. The van der Waals surface area contributed by atoms with Crippen LogP contribution in [0.1, 0.15) is 32.3 Å². The van der Waals surface area contributed by atoms with Gasteiger partial charge >= 0.3 is 0 Å². The lowest BCUT2D eigenvalue weighted by Gasteiger charge is -2.23. The Bertz CT molecular complexity index is 1160. The Morgan fingerprint density at radius 1 is 1.03 bits per heavy atom. The number of hydrogen-bond donors (Lipinski definition) is 2. The second-order valence-corrected chi connectivity index (χ2v) is 9.23. The number of fused-ring (bicyclic) bond motifs is 1. The van der Waals surface area contributed by atoms with Gasteiger partial charge in [-0.1, -0.05) is 49.4 Å². The van der Waals surface area contributed by atoms with Gasteiger partial charge in [0.25, 0.3) is 0 Å². The Kier molecular flexibility index (Phi) is 8.52. The van der Waals surface area contributed by atoms with Crippen LogP contribution in [-0.4, -0.2) is 40.3 Å². The van der Waals surface area contributed by atoms with E-state index < -0.39 is 6.23 Å². The maximum Gasteiger partial charge on any atom is 0.120 e. The molecule has 0 aliphatic carbocycles. The minimum atomic E-state index is -0.393. The average Bonchev–Trinajstić information content (AvgIpc) is 3.29. The van der Waals surface area contributed by atoms with Crippen molar-refractivity contribution >= 4 is 27.3 Å². The number of aromatic nitrogens is 1. The first kappa shape index (κ1) is 24.2. The molecule has 0 amide bonds. The van der Waals surface area contributed by atoms with E-state index >= 15 is 0 Å². The molecule has 0 saturated carbocycles. The summed E-state index contributed by atoms with van der Waals surface area (Å²) in [4.78, 5) is 2.05. The van der Waals surface area contributed by atoms with Gasteiger partial charge in [-0.25, -0.2) is 0 Å². The molecule has 1 aromatic heterocycles. The normalized spacial score (nSPS) is 12.2. The zero-order chi connectivity index (χ0) is 23.8. The second kappa shape index (κ2) is 12.0. The highest BCUT2D eigenvalue weighted by molar-refractivity contribution is 7.13. The van der Waals surface area contributed by atoms with Crippen LogP contribution in [0.5, 0.6) is 5.75 Å². The summed E-state index contributed by atoms with van der Waals surface area (Å²) < 4.78 is 11.8. The Labute approximate surface area is 206 Å². The quantitative estimate of drug-likeness (QED) is 0.184. The van der Waals surface area contributed by atoms with Crippen molar-refractivity contribution in [3.63, 3.8) is 0 Å². The van der Waals surface area contributed by atoms with E-state index in [2.05, 4.69) is 77.8 Å². The summed E-state index contributed by atoms with van der Waals surface area (Å²) in [6.45, 7) is 7.10. The van der Waals surface area contributed by atoms with Crippen LogP contribution >= 0.6 is 11.5 Å². The molecule has 5 nitrogen and oxygen atoms in total. The van der Waals surface area contributed by atoms with E-state index in [1.54, 1.807) is 0 Å².